The minimum atomic E-state index is -1.33. The van der Waals surface area contributed by atoms with Crippen LogP contribution in [0.3, 0.4) is 0 Å². The lowest BCUT2D eigenvalue weighted by Crippen LogP contribution is -2.21. The largest absolute Gasteiger partial charge is 0.488 e. The zero-order valence-corrected chi connectivity index (χ0v) is 8.60. The minimum absolute atomic E-state index is 0. The quantitative estimate of drug-likeness (QED) is 0.519. The Labute approximate surface area is 83.6 Å². The van der Waals surface area contributed by atoms with E-state index in [1.807, 2.05) is 18.1 Å². The van der Waals surface area contributed by atoms with Gasteiger partial charge >= 0.3 is 7.12 Å². The summed E-state index contributed by atoms with van der Waals surface area (Å²) in [5.74, 6) is 0. The van der Waals surface area contributed by atoms with Crippen molar-refractivity contribution in [3.8, 4) is 0 Å². The predicted molar refractivity (Wildman–Crippen MR) is 55.5 cm³/mol. The van der Waals surface area contributed by atoms with Gasteiger partial charge in [-0.05, 0) is 17.7 Å². The van der Waals surface area contributed by atoms with Crippen molar-refractivity contribution in [2.24, 2.45) is 0 Å². The number of hydrogen-bond acceptors (Lipinski definition) is 3. The van der Waals surface area contributed by atoms with Gasteiger partial charge in [0, 0.05) is 13.6 Å². The molecule has 0 unspecified atom stereocenters. The van der Waals surface area contributed by atoms with Crippen LogP contribution in [0.4, 0.5) is 0 Å². The van der Waals surface area contributed by atoms with E-state index in [1.165, 1.54) is 0 Å². The van der Waals surface area contributed by atoms with Crippen molar-refractivity contribution < 1.29 is 10.0 Å². The van der Waals surface area contributed by atoms with Gasteiger partial charge in [-0.25, -0.2) is 0 Å². The number of hydrogen-bond donors (Lipinski definition) is 2. The van der Waals surface area contributed by atoms with Crippen LogP contribution in [0.5, 0.6) is 0 Å². The first kappa shape index (κ1) is 11.0. The third-order valence-corrected chi connectivity index (χ3v) is 1.43. The molecule has 0 saturated heterocycles. The molecule has 1 aliphatic rings. The van der Waals surface area contributed by atoms with Gasteiger partial charge in [0.1, 0.15) is 0 Å². The van der Waals surface area contributed by atoms with Gasteiger partial charge in [-0.3, -0.25) is 0 Å². The number of rotatable bonds is 1. The van der Waals surface area contributed by atoms with E-state index in [4.69, 9.17) is 10.0 Å². The molecule has 0 aromatic rings. The molecule has 1 heterocycles. The van der Waals surface area contributed by atoms with Crippen molar-refractivity contribution in [3.63, 3.8) is 0 Å². The summed E-state index contributed by atoms with van der Waals surface area (Å²) in [6, 6.07) is 0. The summed E-state index contributed by atoms with van der Waals surface area (Å²) in [4.78, 5) is 1.95. The summed E-state index contributed by atoms with van der Waals surface area (Å²) in [6.45, 7) is 0.740. The normalized spacial score (nSPS) is 15.5. The Balaban J connectivity index is 0.000001000. The molecule has 0 bridgehead atoms. The van der Waals surface area contributed by atoms with Crippen molar-refractivity contribution in [1.29, 1.82) is 0 Å². The third-order valence-electron chi connectivity index (χ3n) is 1.43. The number of likely N-dealkylation sites (N-methyl/N-ethyl adjacent to an activating group) is 1. The van der Waals surface area contributed by atoms with Gasteiger partial charge in [0.2, 0.25) is 0 Å². The van der Waals surface area contributed by atoms with Crippen molar-refractivity contribution in [2.45, 2.75) is 0 Å². The predicted octanol–water partition coefficient (Wildman–Crippen LogP) is 0.00190. The van der Waals surface area contributed by atoms with E-state index in [0.29, 0.717) is 5.47 Å². The summed E-state index contributed by atoms with van der Waals surface area (Å²) in [5.41, 5.74) is 0.568. The SMILES string of the molecule is CN1C=CC(B(O)O)=CC1.I. The van der Waals surface area contributed by atoms with Crippen molar-refractivity contribution >= 4 is 31.1 Å². The first-order valence-electron chi connectivity index (χ1n) is 3.15. The number of allylic oxidation sites excluding steroid dienone is 2. The zero-order valence-electron chi connectivity index (χ0n) is 6.27. The van der Waals surface area contributed by atoms with E-state index >= 15 is 0 Å². The van der Waals surface area contributed by atoms with Gasteiger partial charge in [-0.15, -0.1) is 24.0 Å². The second-order valence-electron chi connectivity index (χ2n) is 2.33. The minimum Gasteiger partial charge on any atom is -0.423 e. The molecule has 0 fully saturated rings. The smallest absolute Gasteiger partial charge is 0.423 e. The van der Waals surface area contributed by atoms with E-state index in [2.05, 4.69) is 0 Å². The van der Waals surface area contributed by atoms with Crippen LogP contribution in [-0.4, -0.2) is 35.7 Å². The van der Waals surface area contributed by atoms with Crippen LogP contribution < -0.4 is 0 Å². The summed E-state index contributed by atoms with van der Waals surface area (Å²) < 4.78 is 0. The molecule has 0 amide bonds. The zero-order chi connectivity index (χ0) is 7.56. The molecule has 11 heavy (non-hydrogen) atoms. The maximum Gasteiger partial charge on any atom is 0.488 e. The lowest BCUT2D eigenvalue weighted by molar-refractivity contribution is 0.418. The van der Waals surface area contributed by atoms with Crippen LogP contribution >= 0.6 is 24.0 Å². The molecular weight excluding hydrogens is 256 g/mol. The molecule has 1 rings (SSSR count). The Bertz CT molecular complexity index is 181. The summed E-state index contributed by atoms with van der Waals surface area (Å²) in [5, 5.41) is 17.4. The molecule has 0 saturated carbocycles. The van der Waals surface area contributed by atoms with Crippen LogP contribution in [0.2, 0.25) is 0 Å². The Hall–Kier alpha value is -0.00506. The Morgan fingerprint density at radius 2 is 2.18 bits per heavy atom. The van der Waals surface area contributed by atoms with Crippen LogP contribution in [0.15, 0.2) is 23.8 Å². The van der Waals surface area contributed by atoms with E-state index < -0.39 is 7.12 Å². The molecule has 5 heteroatoms. The average molecular weight is 267 g/mol. The lowest BCUT2D eigenvalue weighted by atomic mass is 9.78. The molecule has 3 nitrogen and oxygen atoms in total. The van der Waals surface area contributed by atoms with Crippen molar-refractivity contribution in [3.05, 3.63) is 23.8 Å². The molecule has 2 N–H and O–H groups in total. The van der Waals surface area contributed by atoms with Gasteiger partial charge in [0.15, 0.2) is 0 Å². The van der Waals surface area contributed by atoms with Crippen molar-refractivity contribution in [1.82, 2.24) is 4.90 Å². The molecule has 0 aromatic carbocycles. The van der Waals surface area contributed by atoms with E-state index in [-0.39, 0.29) is 24.0 Å². The summed E-state index contributed by atoms with van der Waals surface area (Å²) >= 11 is 0. The Morgan fingerprint density at radius 3 is 2.55 bits per heavy atom. The number of nitrogens with zero attached hydrogens (tertiary/aromatic N) is 1. The second-order valence-corrected chi connectivity index (χ2v) is 2.33. The van der Waals surface area contributed by atoms with E-state index in [1.54, 1.807) is 12.2 Å². The monoisotopic (exact) mass is 267 g/mol. The van der Waals surface area contributed by atoms with Gasteiger partial charge in [0.05, 0.1) is 0 Å². The molecule has 0 aromatic heterocycles. The van der Waals surface area contributed by atoms with Crippen LogP contribution in [-0.2, 0) is 0 Å². The van der Waals surface area contributed by atoms with Crippen LogP contribution in [0.1, 0.15) is 0 Å². The molecule has 62 valence electrons. The van der Waals surface area contributed by atoms with Crippen LogP contribution in [0.25, 0.3) is 0 Å². The van der Waals surface area contributed by atoms with Crippen molar-refractivity contribution in [2.75, 3.05) is 13.6 Å². The first-order chi connectivity index (χ1) is 4.70. The topological polar surface area (TPSA) is 43.7 Å². The highest BCUT2D eigenvalue weighted by atomic mass is 127. The fourth-order valence-corrected chi connectivity index (χ4v) is 0.783. The fourth-order valence-electron chi connectivity index (χ4n) is 0.783. The van der Waals surface area contributed by atoms with Crippen LogP contribution in [0, 0.1) is 0 Å². The Morgan fingerprint density at radius 1 is 1.55 bits per heavy atom. The molecule has 0 spiro atoms. The summed E-state index contributed by atoms with van der Waals surface area (Å²) in [7, 11) is 0.595. The average Bonchev–Trinajstić information content (AvgIpc) is 1.88. The van der Waals surface area contributed by atoms with Gasteiger partial charge in [-0.1, -0.05) is 6.08 Å². The second kappa shape index (κ2) is 4.79. The third kappa shape index (κ3) is 3.26. The first-order valence-corrected chi connectivity index (χ1v) is 3.15. The fraction of sp³-hybridized carbons (Fsp3) is 0.333. The van der Waals surface area contributed by atoms with E-state index in [9.17, 15) is 0 Å². The molecule has 0 aliphatic carbocycles. The Kier molecular flexibility index (Phi) is 4.79. The summed E-state index contributed by atoms with van der Waals surface area (Å²) in [6.07, 6.45) is 5.29. The van der Waals surface area contributed by atoms with Gasteiger partial charge in [0.25, 0.3) is 0 Å². The molecule has 0 radical (unpaired) electrons. The lowest BCUT2D eigenvalue weighted by Gasteiger charge is -2.16. The highest BCUT2D eigenvalue weighted by molar-refractivity contribution is 14.0. The maximum absolute atomic E-state index is 8.68. The molecule has 0 atom stereocenters. The standard InChI is InChI=1S/C6H10BNO2.HI/c1-8-4-2-6(3-5-8)7(9)10;/h2-4,9-10H,5H2,1H3;1H. The van der Waals surface area contributed by atoms with E-state index in [0.717, 1.165) is 6.54 Å². The number of halogens is 1. The highest BCUT2D eigenvalue weighted by Gasteiger charge is 2.13. The molecule has 1 aliphatic heterocycles. The maximum atomic E-state index is 8.68. The molecular formula is C6H11BINO2. The highest BCUT2D eigenvalue weighted by Crippen LogP contribution is 2.05. The van der Waals surface area contributed by atoms with Gasteiger partial charge < -0.3 is 14.9 Å². The van der Waals surface area contributed by atoms with Gasteiger partial charge in [-0.2, -0.15) is 0 Å².